The SMILES string of the molecule is CC(=O)c1cc2cc3cc(C(C)=O)c(C)nc3cc2nc1C.O.O. The van der Waals surface area contributed by atoms with Crippen molar-refractivity contribution in [1.29, 1.82) is 0 Å². The van der Waals surface area contributed by atoms with Gasteiger partial charge >= 0.3 is 0 Å². The predicted molar refractivity (Wildman–Crippen MR) is 93.8 cm³/mol. The van der Waals surface area contributed by atoms with Gasteiger partial charge < -0.3 is 11.0 Å². The average molecular weight is 328 g/mol. The number of aryl methyl sites for hydroxylation is 2. The normalized spacial score (nSPS) is 10.2. The van der Waals surface area contributed by atoms with E-state index in [1.165, 1.54) is 13.8 Å². The zero-order chi connectivity index (χ0) is 16.0. The zero-order valence-corrected chi connectivity index (χ0v) is 14.0. The molecule has 2 heterocycles. The second kappa shape index (κ2) is 6.82. The minimum atomic E-state index is -0.00143. The quantitative estimate of drug-likeness (QED) is 0.528. The number of rotatable bonds is 2. The Bertz CT molecular complexity index is 889. The highest BCUT2D eigenvalue weighted by molar-refractivity contribution is 6.03. The van der Waals surface area contributed by atoms with Crippen LogP contribution in [-0.2, 0) is 0 Å². The molecular weight excluding hydrogens is 308 g/mol. The molecule has 6 heteroatoms. The van der Waals surface area contributed by atoms with Crippen molar-refractivity contribution in [3.63, 3.8) is 0 Å². The number of nitrogens with zero attached hydrogens (tertiary/aromatic N) is 2. The number of carbonyl (C=O) groups is 2. The molecule has 0 aliphatic heterocycles. The van der Waals surface area contributed by atoms with Gasteiger partial charge in [0.2, 0.25) is 0 Å². The first-order chi connectivity index (χ1) is 10.4. The van der Waals surface area contributed by atoms with Crippen LogP contribution in [0.3, 0.4) is 0 Å². The van der Waals surface area contributed by atoms with E-state index in [4.69, 9.17) is 0 Å². The van der Waals surface area contributed by atoms with Crippen LogP contribution in [0.4, 0.5) is 0 Å². The van der Waals surface area contributed by atoms with E-state index in [9.17, 15) is 9.59 Å². The summed E-state index contributed by atoms with van der Waals surface area (Å²) in [5.41, 5.74) is 4.29. The summed E-state index contributed by atoms with van der Waals surface area (Å²) in [6.45, 7) is 6.74. The average Bonchev–Trinajstić information content (AvgIpc) is 2.43. The van der Waals surface area contributed by atoms with Crippen LogP contribution in [-0.4, -0.2) is 32.5 Å². The number of aromatic nitrogens is 2. The Morgan fingerprint density at radius 2 is 1.08 bits per heavy atom. The van der Waals surface area contributed by atoms with E-state index in [0.29, 0.717) is 11.1 Å². The van der Waals surface area contributed by atoms with Crippen molar-refractivity contribution in [3.05, 3.63) is 46.8 Å². The molecule has 126 valence electrons. The molecule has 24 heavy (non-hydrogen) atoms. The Morgan fingerprint density at radius 1 is 0.708 bits per heavy atom. The number of fused-ring (bicyclic) bond motifs is 2. The fourth-order valence-electron chi connectivity index (χ4n) is 2.75. The Balaban J connectivity index is 0.00000144. The molecule has 0 aliphatic rings. The Labute approximate surface area is 139 Å². The van der Waals surface area contributed by atoms with Gasteiger partial charge in [0.15, 0.2) is 11.6 Å². The lowest BCUT2D eigenvalue weighted by atomic mass is 10.0. The third-order valence-corrected chi connectivity index (χ3v) is 3.89. The summed E-state index contributed by atoms with van der Waals surface area (Å²) in [5, 5.41) is 1.76. The maximum absolute atomic E-state index is 11.7. The third kappa shape index (κ3) is 3.15. The molecule has 0 bridgehead atoms. The lowest BCUT2D eigenvalue weighted by Crippen LogP contribution is -2.01. The highest BCUT2D eigenvalue weighted by Gasteiger charge is 2.11. The molecule has 3 aromatic rings. The van der Waals surface area contributed by atoms with Crippen LogP contribution in [0.15, 0.2) is 24.3 Å². The van der Waals surface area contributed by atoms with E-state index >= 15 is 0 Å². The molecule has 0 amide bonds. The first-order valence-corrected chi connectivity index (χ1v) is 7.11. The van der Waals surface area contributed by atoms with E-state index in [-0.39, 0.29) is 22.5 Å². The van der Waals surface area contributed by atoms with Crippen LogP contribution >= 0.6 is 0 Å². The molecule has 0 saturated heterocycles. The molecule has 3 rings (SSSR count). The molecule has 2 aromatic heterocycles. The van der Waals surface area contributed by atoms with Crippen molar-refractivity contribution >= 4 is 33.4 Å². The fourth-order valence-corrected chi connectivity index (χ4v) is 2.75. The second-order valence-corrected chi connectivity index (χ2v) is 5.59. The number of Topliss-reactive ketones (excluding diaryl/α,β-unsaturated/α-hetero) is 2. The van der Waals surface area contributed by atoms with E-state index in [1.54, 1.807) is 0 Å². The molecule has 0 fully saturated rings. The van der Waals surface area contributed by atoms with Gasteiger partial charge in [-0.05, 0) is 52.0 Å². The number of hydrogen-bond acceptors (Lipinski definition) is 4. The standard InChI is InChI=1S/C18H16N2O2.2H2O/c1-9-15(11(3)21)6-13-5-14-7-16(12(4)22)10(2)20-18(14)8-17(13)19-9;;/h5-8H,1-4H3;2*1H2. The minimum Gasteiger partial charge on any atom is -0.412 e. The van der Waals surface area contributed by atoms with Gasteiger partial charge in [0.1, 0.15) is 0 Å². The van der Waals surface area contributed by atoms with Gasteiger partial charge in [-0.1, -0.05) is 0 Å². The lowest BCUT2D eigenvalue weighted by molar-refractivity contribution is 0.100. The van der Waals surface area contributed by atoms with E-state index in [2.05, 4.69) is 9.97 Å². The van der Waals surface area contributed by atoms with Gasteiger partial charge in [-0.25, -0.2) is 0 Å². The monoisotopic (exact) mass is 328 g/mol. The third-order valence-electron chi connectivity index (χ3n) is 3.89. The summed E-state index contributed by atoms with van der Waals surface area (Å²) in [5.74, 6) is -0.00286. The van der Waals surface area contributed by atoms with Crippen molar-refractivity contribution in [2.45, 2.75) is 27.7 Å². The zero-order valence-electron chi connectivity index (χ0n) is 14.0. The second-order valence-electron chi connectivity index (χ2n) is 5.59. The van der Waals surface area contributed by atoms with Crippen molar-refractivity contribution in [2.75, 3.05) is 0 Å². The largest absolute Gasteiger partial charge is 0.412 e. The van der Waals surface area contributed by atoms with Crippen LogP contribution in [0.25, 0.3) is 21.8 Å². The van der Waals surface area contributed by atoms with Crippen LogP contribution in [0.5, 0.6) is 0 Å². The number of ketones is 2. The van der Waals surface area contributed by atoms with Crippen LogP contribution in [0, 0.1) is 13.8 Å². The molecule has 0 radical (unpaired) electrons. The Kier molecular flexibility index (Phi) is 5.50. The molecular formula is C18H20N2O4. The molecule has 0 unspecified atom stereocenters. The smallest absolute Gasteiger partial charge is 0.161 e. The summed E-state index contributed by atoms with van der Waals surface area (Å²) in [6, 6.07) is 7.54. The first kappa shape index (κ1) is 19.3. The van der Waals surface area contributed by atoms with Crippen LogP contribution in [0.1, 0.15) is 46.0 Å². The van der Waals surface area contributed by atoms with Gasteiger partial charge in [-0.3, -0.25) is 19.6 Å². The van der Waals surface area contributed by atoms with Crippen LogP contribution in [0.2, 0.25) is 0 Å². The highest BCUT2D eigenvalue weighted by atomic mass is 16.1. The summed E-state index contributed by atoms with van der Waals surface area (Å²) >= 11 is 0. The summed E-state index contributed by atoms with van der Waals surface area (Å²) in [6.07, 6.45) is 0. The predicted octanol–water partition coefficient (Wildman–Crippen LogP) is 2.16. The maximum Gasteiger partial charge on any atom is 0.161 e. The molecule has 0 spiro atoms. The Morgan fingerprint density at radius 3 is 1.42 bits per heavy atom. The van der Waals surface area contributed by atoms with Gasteiger partial charge in [-0.15, -0.1) is 0 Å². The van der Waals surface area contributed by atoms with E-state index in [0.717, 1.165) is 33.2 Å². The van der Waals surface area contributed by atoms with Crippen molar-refractivity contribution in [3.8, 4) is 0 Å². The van der Waals surface area contributed by atoms with Crippen molar-refractivity contribution < 1.29 is 20.5 Å². The molecule has 1 aromatic carbocycles. The molecule has 0 saturated carbocycles. The molecule has 6 nitrogen and oxygen atoms in total. The summed E-state index contributed by atoms with van der Waals surface area (Å²) in [4.78, 5) is 32.3. The highest BCUT2D eigenvalue weighted by Crippen LogP contribution is 2.24. The summed E-state index contributed by atoms with van der Waals surface area (Å²) < 4.78 is 0. The first-order valence-electron chi connectivity index (χ1n) is 7.11. The number of pyridine rings is 2. The molecule has 4 N–H and O–H groups in total. The molecule has 0 aliphatic carbocycles. The Hall–Kier alpha value is -2.70. The van der Waals surface area contributed by atoms with E-state index in [1.807, 2.05) is 38.1 Å². The number of hydrogen-bond donors (Lipinski definition) is 0. The fraction of sp³-hybridized carbons (Fsp3) is 0.222. The van der Waals surface area contributed by atoms with Gasteiger partial charge in [0.25, 0.3) is 0 Å². The summed E-state index contributed by atoms with van der Waals surface area (Å²) in [7, 11) is 0. The number of carbonyl (C=O) groups excluding carboxylic acids is 2. The van der Waals surface area contributed by atoms with E-state index < -0.39 is 0 Å². The minimum absolute atomic E-state index is 0. The van der Waals surface area contributed by atoms with Gasteiger partial charge in [-0.2, -0.15) is 0 Å². The lowest BCUT2D eigenvalue weighted by Gasteiger charge is -2.08. The van der Waals surface area contributed by atoms with Gasteiger partial charge in [0, 0.05) is 33.3 Å². The van der Waals surface area contributed by atoms with Crippen molar-refractivity contribution in [2.24, 2.45) is 0 Å². The van der Waals surface area contributed by atoms with Crippen LogP contribution < -0.4 is 0 Å². The topological polar surface area (TPSA) is 123 Å². The maximum atomic E-state index is 11.7. The van der Waals surface area contributed by atoms with Gasteiger partial charge in [0.05, 0.1) is 11.0 Å². The molecule has 0 atom stereocenters. The van der Waals surface area contributed by atoms with Crippen molar-refractivity contribution in [1.82, 2.24) is 9.97 Å². The number of benzene rings is 1.